The van der Waals surface area contributed by atoms with Crippen LogP contribution in [0.2, 0.25) is 0 Å². The van der Waals surface area contributed by atoms with Gasteiger partial charge >= 0.3 is 0 Å². The van der Waals surface area contributed by atoms with Gasteiger partial charge in [-0.15, -0.1) is 0 Å². The van der Waals surface area contributed by atoms with Gasteiger partial charge in [-0.2, -0.15) is 0 Å². The predicted molar refractivity (Wildman–Crippen MR) is 42.6 cm³/mol. The number of benzene rings is 1. The summed E-state index contributed by atoms with van der Waals surface area (Å²) in [5, 5.41) is 8.26. The second kappa shape index (κ2) is 3.88. The van der Waals surface area contributed by atoms with E-state index in [9.17, 15) is 4.39 Å². The third-order valence-corrected chi connectivity index (χ3v) is 1.25. The van der Waals surface area contributed by atoms with Gasteiger partial charge in [0.25, 0.3) is 0 Å². The molecule has 0 amide bonds. The molecule has 1 nitrogen and oxygen atoms in total. The van der Waals surface area contributed by atoms with Crippen LogP contribution in [-0.2, 0) is 0 Å². The molecule has 0 saturated carbocycles. The van der Waals surface area contributed by atoms with Crippen LogP contribution in [0.25, 0.3) is 6.08 Å². The Balaban J connectivity index is 2.65. The monoisotopic (exact) mass is 152 g/mol. The summed E-state index contributed by atoms with van der Waals surface area (Å²) in [6, 6.07) is 9.25. The van der Waals surface area contributed by atoms with Crippen molar-refractivity contribution in [3.05, 3.63) is 42.0 Å². The van der Waals surface area contributed by atoms with E-state index in [1.54, 1.807) is 0 Å². The molecule has 1 unspecified atom stereocenters. The molecule has 1 rings (SSSR count). The van der Waals surface area contributed by atoms with E-state index < -0.39 is 6.36 Å². The van der Waals surface area contributed by atoms with Crippen LogP contribution in [0.5, 0.6) is 0 Å². The predicted octanol–water partition coefficient (Wildman–Crippen LogP) is 1.99. The molecular weight excluding hydrogens is 143 g/mol. The Hall–Kier alpha value is -1.15. The third-order valence-electron chi connectivity index (χ3n) is 1.25. The van der Waals surface area contributed by atoms with Gasteiger partial charge in [0.1, 0.15) is 0 Å². The fourth-order valence-corrected chi connectivity index (χ4v) is 0.755. The van der Waals surface area contributed by atoms with Crippen LogP contribution in [0.1, 0.15) is 5.56 Å². The van der Waals surface area contributed by atoms with E-state index in [1.807, 2.05) is 30.3 Å². The van der Waals surface area contributed by atoms with E-state index in [0.29, 0.717) is 0 Å². The molecule has 1 aromatic rings. The lowest BCUT2D eigenvalue weighted by molar-refractivity contribution is 0.0891. The minimum atomic E-state index is -1.87. The minimum Gasteiger partial charge on any atom is -0.361 e. The Kier molecular flexibility index (Phi) is 2.81. The highest BCUT2D eigenvalue weighted by molar-refractivity contribution is 5.48. The van der Waals surface area contributed by atoms with Crippen molar-refractivity contribution >= 4 is 6.08 Å². The molecule has 1 aromatic carbocycles. The van der Waals surface area contributed by atoms with Crippen molar-refractivity contribution in [2.75, 3.05) is 0 Å². The summed E-state index contributed by atoms with van der Waals surface area (Å²) in [5.74, 6) is 0. The molecular formula is C9H9FO. The normalized spacial score (nSPS) is 13.6. The number of aliphatic hydroxyl groups is 1. The maximum absolute atomic E-state index is 11.9. The largest absolute Gasteiger partial charge is 0.361 e. The summed E-state index contributed by atoms with van der Waals surface area (Å²) in [6.07, 6.45) is 0.759. The lowest BCUT2D eigenvalue weighted by atomic mass is 10.2. The summed E-state index contributed by atoms with van der Waals surface area (Å²) >= 11 is 0. The SMILES string of the molecule is OC(F)C=Cc1ccccc1. The Morgan fingerprint density at radius 2 is 1.91 bits per heavy atom. The molecule has 0 aliphatic heterocycles. The maximum atomic E-state index is 11.9. The standard InChI is InChI=1S/C9H9FO/c10-9(11)7-6-8-4-2-1-3-5-8/h1-7,9,11H. The second-order valence-corrected chi connectivity index (χ2v) is 2.14. The van der Waals surface area contributed by atoms with Gasteiger partial charge < -0.3 is 5.11 Å². The molecule has 1 N–H and O–H groups in total. The number of hydrogen-bond donors (Lipinski definition) is 1. The molecule has 0 bridgehead atoms. The zero-order chi connectivity index (χ0) is 8.10. The smallest absolute Gasteiger partial charge is 0.215 e. The van der Waals surface area contributed by atoms with E-state index >= 15 is 0 Å². The van der Waals surface area contributed by atoms with Crippen molar-refractivity contribution in [1.82, 2.24) is 0 Å². The molecule has 0 aliphatic carbocycles. The quantitative estimate of drug-likeness (QED) is 0.687. The van der Waals surface area contributed by atoms with Crippen LogP contribution in [0.3, 0.4) is 0 Å². The Bertz CT molecular complexity index is 229. The van der Waals surface area contributed by atoms with Gasteiger partial charge in [-0.1, -0.05) is 36.4 Å². The molecule has 11 heavy (non-hydrogen) atoms. The van der Waals surface area contributed by atoms with Gasteiger partial charge in [0, 0.05) is 0 Å². The highest BCUT2D eigenvalue weighted by Gasteiger charge is 1.89. The van der Waals surface area contributed by atoms with Gasteiger partial charge in [0.2, 0.25) is 6.36 Å². The molecule has 0 radical (unpaired) electrons. The molecule has 0 aromatic heterocycles. The fraction of sp³-hybridized carbons (Fsp3) is 0.111. The first-order chi connectivity index (χ1) is 5.29. The summed E-state index contributed by atoms with van der Waals surface area (Å²) in [7, 11) is 0. The molecule has 1 atom stereocenters. The van der Waals surface area contributed by atoms with Crippen molar-refractivity contribution in [2.24, 2.45) is 0 Å². The summed E-state index contributed by atoms with van der Waals surface area (Å²) < 4.78 is 11.9. The van der Waals surface area contributed by atoms with E-state index in [-0.39, 0.29) is 0 Å². The highest BCUT2D eigenvalue weighted by atomic mass is 19.1. The lowest BCUT2D eigenvalue weighted by Gasteiger charge is -1.91. The van der Waals surface area contributed by atoms with E-state index in [0.717, 1.165) is 11.6 Å². The number of aliphatic hydroxyl groups excluding tert-OH is 1. The summed E-state index contributed by atoms with van der Waals surface area (Å²) in [5.41, 5.74) is 0.879. The highest BCUT2D eigenvalue weighted by Crippen LogP contribution is 2.01. The lowest BCUT2D eigenvalue weighted by Crippen LogP contribution is -1.88. The first kappa shape index (κ1) is 7.95. The van der Waals surface area contributed by atoms with Crippen LogP contribution in [0.15, 0.2) is 36.4 Å². The number of rotatable bonds is 2. The first-order valence-electron chi connectivity index (χ1n) is 3.34. The molecule has 2 heteroatoms. The Labute approximate surface area is 64.8 Å². The minimum absolute atomic E-state index is 0.879. The van der Waals surface area contributed by atoms with Crippen LogP contribution in [0.4, 0.5) is 4.39 Å². The molecule has 58 valence electrons. The number of halogens is 1. The van der Waals surface area contributed by atoms with E-state index in [4.69, 9.17) is 5.11 Å². The van der Waals surface area contributed by atoms with Gasteiger partial charge in [-0.3, -0.25) is 0 Å². The van der Waals surface area contributed by atoms with Gasteiger partial charge in [0.15, 0.2) is 0 Å². The van der Waals surface area contributed by atoms with Gasteiger partial charge in [-0.25, -0.2) is 4.39 Å². The van der Waals surface area contributed by atoms with E-state index in [2.05, 4.69) is 0 Å². The van der Waals surface area contributed by atoms with Crippen LogP contribution in [0, 0.1) is 0 Å². The number of hydrogen-bond acceptors (Lipinski definition) is 1. The van der Waals surface area contributed by atoms with Crippen molar-refractivity contribution in [3.8, 4) is 0 Å². The van der Waals surface area contributed by atoms with Crippen LogP contribution < -0.4 is 0 Å². The van der Waals surface area contributed by atoms with Crippen LogP contribution in [-0.4, -0.2) is 11.5 Å². The average molecular weight is 152 g/mol. The van der Waals surface area contributed by atoms with Crippen molar-refractivity contribution in [2.45, 2.75) is 6.36 Å². The average Bonchev–Trinajstić information content (AvgIpc) is 2.03. The maximum Gasteiger partial charge on any atom is 0.215 e. The molecule has 0 spiro atoms. The topological polar surface area (TPSA) is 20.2 Å². The molecule has 0 heterocycles. The van der Waals surface area contributed by atoms with Gasteiger partial charge in [0.05, 0.1) is 0 Å². The van der Waals surface area contributed by atoms with E-state index in [1.165, 1.54) is 6.08 Å². The molecule has 0 saturated heterocycles. The third kappa shape index (κ3) is 2.96. The van der Waals surface area contributed by atoms with Crippen molar-refractivity contribution < 1.29 is 9.50 Å². The zero-order valence-electron chi connectivity index (χ0n) is 5.94. The van der Waals surface area contributed by atoms with Crippen LogP contribution >= 0.6 is 0 Å². The molecule has 0 aliphatic rings. The van der Waals surface area contributed by atoms with Crippen molar-refractivity contribution in [1.29, 1.82) is 0 Å². The zero-order valence-corrected chi connectivity index (χ0v) is 5.94. The summed E-state index contributed by atoms with van der Waals surface area (Å²) in [6.45, 7) is 0. The fourth-order valence-electron chi connectivity index (χ4n) is 0.755. The second-order valence-electron chi connectivity index (χ2n) is 2.14. The van der Waals surface area contributed by atoms with Gasteiger partial charge in [-0.05, 0) is 11.6 Å². The first-order valence-corrected chi connectivity index (χ1v) is 3.34. The number of alkyl halides is 1. The Morgan fingerprint density at radius 1 is 1.27 bits per heavy atom. The van der Waals surface area contributed by atoms with Crippen molar-refractivity contribution in [3.63, 3.8) is 0 Å². The summed E-state index contributed by atoms with van der Waals surface area (Å²) in [4.78, 5) is 0. The Morgan fingerprint density at radius 3 is 2.45 bits per heavy atom. The molecule has 0 fully saturated rings.